The minimum absolute atomic E-state index is 0. The Kier molecular flexibility index (Phi) is 10.9. The maximum atomic E-state index is 12.5. The zero-order valence-corrected chi connectivity index (χ0v) is 22.9. The number of ether oxygens (including phenoxy) is 2. The fourth-order valence-corrected chi connectivity index (χ4v) is 5.07. The first kappa shape index (κ1) is 29.0. The first-order valence-electron chi connectivity index (χ1n) is 12.3. The molecule has 1 saturated carbocycles. The van der Waals surface area contributed by atoms with E-state index in [-0.39, 0.29) is 30.5 Å². The second-order valence-corrected chi connectivity index (χ2v) is 9.88. The number of benzene rings is 2. The Balaban J connectivity index is 0.00000432. The van der Waals surface area contributed by atoms with Gasteiger partial charge in [0, 0.05) is 24.3 Å². The van der Waals surface area contributed by atoms with Crippen molar-refractivity contribution < 1.29 is 14.3 Å². The quantitative estimate of drug-likeness (QED) is 0.453. The normalized spacial score (nSPS) is 14.8. The molecule has 2 aromatic rings. The van der Waals surface area contributed by atoms with E-state index in [2.05, 4.69) is 48.7 Å². The monoisotopic (exact) mass is 503 g/mol. The number of carbonyl (C=O) groups excluding carboxylic acids is 1. The zero-order chi connectivity index (χ0) is 24.7. The van der Waals surface area contributed by atoms with Crippen molar-refractivity contribution in [1.82, 2.24) is 10.2 Å². The highest BCUT2D eigenvalue weighted by Gasteiger charge is 2.33. The van der Waals surface area contributed by atoms with E-state index in [1.54, 1.807) is 7.11 Å². The molecule has 35 heavy (non-hydrogen) atoms. The van der Waals surface area contributed by atoms with E-state index in [0.717, 1.165) is 35.5 Å². The van der Waals surface area contributed by atoms with Crippen LogP contribution >= 0.6 is 12.4 Å². The van der Waals surface area contributed by atoms with Gasteiger partial charge in [-0.25, -0.2) is 0 Å². The maximum Gasteiger partial charge on any atom is 0.262 e. The van der Waals surface area contributed by atoms with Crippen LogP contribution in [0.2, 0.25) is 0 Å². The number of hydrogen-bond acceptors (Lipinski definition) is 5. The first-order valence-corrected chi connectivity index (χ1v) is 12.3. The zero-order valence-electron chi connectivity index (χ0n) is 22.1. The minimum Gasteiger partial charge on any atom is -0.493 e. The molecule has 0 spiro atoms. The molecular formula is C28H42ClN3O3. The maximum absolute atomic E-state index is 12.5. The summed E-state index contributed by atoms with van der Waals surface area (Å²) in [5.41, 5.74) is 5.49. The van der Waals surface area contributed by atoms with Gasteiger partial charge >= 0.3 is 0 Å². The van der Waals surface area contributed by atoms with Crippen LogP contribution in [0.25, 0.3) is 0 Å². The van der Waals surface area contributed by atoms with E-state index < -0.39 is 0 Å². The Bertz CT molecular complexity index is 964. The molecule has 1 aliphatic rings. The Morgan fingerprint density at radius 3 is 2.26 bits per heavy atom. The van der Waals surface area contributed by atoms with Gasteiger partial charge in [-0.1, -0.05) is 43.0 Å². The number of halogens is 1. The van der Waals surface area contributed by atoms with Crippen molar-refractivity contribution in [2.75, 3.05) is 39.7 Å². The summed E-state index contributed by atoms with van der Waals surface area (Å²) in [4.78, 5) is 14.9. The van der Waals surface area contributed by atoms with E-state index in [4.69, 9.17) is 9.47 Å². The molecule has 0 atom stereocenters. The average molecular weight is 504 g/mol. The van der Waals surface area contributed by atoms with Crippen LogP contribution in [0, 0.1) is 20.8 Å². The molecule has 0 saturated heterocycles. The summed E-state index contributed by atoms with van der Waals surface area (Å²) in [6.45, 7) is 7.71. The van der Waals surface area contributed by atoms with Gasteiger partial charge in [-0.3, -0.25) is 4.79 Å². The number of likely N-dealkylation sites (N-methyl/N-ethyl adjacent to an activating group) is 1. The summed E-state index contributed by atoms with van der Waals surface area (Å²) in [6.07, 6.45) is 6.43. The lowest BCUT2D eigenvalue weighted by Gasteiger charge is -2.43. The van der Waals surface area contributed by atoms with Crippen LogP contribution in [0.3, 0.4) is 0 Å². The molecule has 1 aliphatic carbocycles. The molecule has 0 heterocycles. The second-order valence-electron chi connectivity index (χ2n) is 9.88. The highest BCUT2D eigenvalue weighted by atomic mass is 35.5. The summed E-state index contributed by atoms with van der Waals surface area (Å²) in [5.74, 6) is 1.01. The second kappa shape index (κ2) is 13.1. The van der Waals surface area contributed by atoms with Gasteiger partial charge in [-0.15, -0.1) is 12.4 Å². The largest absolute Gasteiger partial charge is 0.493 e. The number of amides is 1. The van der Waals surface area contributed by atoms with Crippen molar-refractivity contribution in [2.45, 2.75) is 65.0 Å². The predicted octanol–water partition coefficient (Wildman–Crippen LogP) is 5.41. The van der Waals surface area contributed by atoms with Crippen LogP contribution in [0.4, 0.5) is 5.69 Å². The molecule has 0 radical (unpaired) electrons. The van der Waals surface area contributed by atoms with Gasteiger partial charge in [0.15, 0.2) is 18.1 Å². The molecule has 6 nitrogen and oxygen atoms in total. The Morgan fingerprint density at radius 1 is 1.00 bits per heavy atom. The van der Waals surface area contributed by atoms with Crippen molar-refractivity contribution >= 4 is 24.0 Å². The van der Waals surface area contributed by atoms with Gasteiger partial charge in [0.25, 0.3) is 5.91 Å². The molecule has 0 bridgehead atoms. The van der Waals surface area contributed by atoms with Crippen molar-refractivity contribution in [1.29, 1.82) is 0 Å². The summed E-state index contributed by atoms with van der Waals surface area (Å²) >= 11 is 0. The first-order chi connectivity index (χ1) is 16.2. The molecule has 7 heteroatoms. The lowest BCUT2D eigenvalue weighted by Crippen LogP contribution is -2.52. The third-order valence-corrected chi connectivity index (χ3v) is 7.04. The van der Waals surface area contributed by atoms with E-state index in [9.17, 15) is 4.79 Å². The third kappa shape index (κ3) is 7.60. The average Bonchev–Trinajstić information content (AvgIpc) is 2.81. The highest BCUT2D eigenvalue weighted by Crippen LogP contribution is 2.32. The van der Waals surface area contributed by atoms with Crippen LogP contribution in [-0.4, -0.2) is 50.7 Å². The third-order valence-electron chi connectivity index (χ3n) is 7.04. The number of carbonyl (C=O) groups is 1. The van der Waals surface area contributed by atoms with Crippen LogP contribution in [0.1, 0.15) is 54.4 Å². The number of aryl methyl sites for hydroxylation is 3. The molecule has 194 valence electrons. The number of methoxy groups -OCH3 is 1. The van der Waals surface area contributed by atoms with Crippen LogP contribution in [0.5, 0.6) is 11.5 Å². The highest BCUT2D eigenvalue weighted by molar-refractivity contribution is 5.93. The number of hydrogen-bond donors (Lipinski definition) is 2. The molecule has 2 aromatic carbocycles. The van der Waals surface area contributed by atoms with E-state index in [1.165, 1.54) is 37.7 Å². The molecule has 1 amide bonds. The number of rotatable bonds is 10. The van der Waals surface area contributed by atoms with Crippen molar-refractivity contribution in [2.24, 2.45) is 0 Å². The van der Waals surface area contributed by atoms with Crippen molar-refractivity contribution in [3.8, 4) is 11.5 Å². The van der Waals surface area contributed by atoms with Crippen LogP contribution < -0.4 is 20.1 Å². The number of nitrogens with zero attached hydrogens (tertiary/aromatic N) is 1. The fourth-order valence-electron chi connectivity index (χ4n) is 5.07. The van der Waals surface area contributed by atoms with Gasteiger partial charge in [0.1, 0.15) is 0 Å². The summed E-state index contributed by atoms with van der Waals surface area (Å²) in [7, 11) is 6.01. The molecule has 0 unspecified atom stereocenters. The van der Waals surface area contributed by atoms with Crippen molar-refractivity contribution in [3.63, 3.8) is 0 Å². The molecule has 3 rings (SSSR count). The van der Waals surface area contributed by atoms with Crippen LogP contribution in [-0.2, 0) is 11.3 Å². The molecule has 0 aliphatic heterocycles. The molecule has 2 N–H and O–H groups in total. The Labute approximate surface area is 217 Å². The smallest absolute Gasteiger partial charge is 0.262 e. The summed E-state index contributed by atoms with van der Waals surface area (Å²) in [6, 6.07) is 10.0. The van der Waals surface area contributed by atoms with Gasteiger partial charge in [-0.05, 0) is 76.5 Å². The van der Waals surface area contributed by atoms with Crippen LogP contribution in [0.15, 0.2) is 30.3 Å². The molecular weight excluding hydrogens is 462 g/mol. The van der Waals surface area contributed by atoms with Gasteiger partial charge in [0.2, 0.25) is 0 Å². The van der Waals surface area contributed by atoms with Gasteiger partial charge in [0.05, 0.1) is 7.11 Å². The SMILES string of the molecule is COc1cc(CNCC2(N(C)C)CCCCC2)ccc1OCC(=O)Nc1c(C)cc(C)cc1C.Cl. The number of nitrogens with one attached hydrogen (secondary N) is 2. The lowest BCUT2D eigenvalue weighted by atomic mass is 9.80. The Morgan fingerprint density at radius 2 is 1.66 bits per heavy atom. The van der Waals surface area contributed by atoms with E-state index in [1.807, 2.05) is 32.0 Å². The summed E-state index contributed by atoms with van der Waals surface area (Å²) < 4.78 is 11.4. The lowest BCUT2D eigenvalue weighted by molar-refractivity contribution is -0.118. The Hall–Kier alpha value is -2.28. The van der Waals surface area contributed by atoms with Gasteiger partial charge in [-0.2, -0.15) is 0 Å². The minimum atomic E-state index is -0.190. The van der Waals surface area contributed by atoms with Gasteiger partial charge < -0.3 is 25.0 Å². The fraction of sp³-hybridized carbons (Fsp3) is 0.536. The van der Waals surface area contributed by atoms with E-state index >= 15 is 0 Å². The summed E-state index contributed by atoms with van der Waals surface area (Å²) in [5, 5.41) is 6.63. The topological polar surface area (TPSA) is 62.8 Å². The molecule has 1 fully saturated rings. The van der Waals surface area contributed by atoms with E-state index in [0.29, 0.717) is 11.5 Å². The number of anilines is 1. The standard InChI is InChI=1S/C28H41N3O3.ClH/c1-20-14-21(2)27(22(3)15-20)30-26(32)18-34-24-11-10-23(16-25(24)33-6)17-29-19-28(31(4)5)12-8-7-9-13-28;/h10-11,14-16,29H,7-9,12-13,17-19H2,1-6H3,(H,30,32);1H. The predicted molar refractivity (Wildman–Crippen MR) is 146 cm³/mol. The molecule has 0 aromatic heterocycles. The van der Waals surface area contributed by atoms with Crippen molar-refractivity contribution in [3.05, 3.63) is 52.6 Å².